The van der Waals surface area contributed by atoms with Gasteiger partial charge >= 0.3 is 6.03 Å². The van der Waals surface area contributed by atoms with E-state index in [2.05, 4.69) is 24.3 Å². The highest BCUT2D eigenvalue weighted by Gasteiger charge is 2.20. The number of primary amides is 1. The number of likely N-dealkylation sites (tertiary alicyclic amines) is 1. The molecular weight excluding hydrogens is 204 g/mol. The van der Waals surface area contributed by atoms with Crippen LogP contribution in [-0.2, 0) is 0 Å². The average Bonchev–Trinajstić information content (AvgIpc) is 2.25. The number of piperidine rings is 1. The molecular formula is C11H24N4O. The van der Waals surface area contributed by atoms with Crippen molar-refractivity contribution in [3.05, 3.63) is 0 Å². The first-order valence-corrected chi connectivity index (χ1v) is 6.02. The van der Waals surface area contributed by atoms with Crippen LogP contribution in [0.15, 0.2) is 0 Å². The van der Waals surface area contributed by atoms with E-state index in [1.54, 1.807) is 4.90 Å². The molecule has 0 saturated carbocycles. The Labute approximate surface area is 98.0 Å². The number of nitrogens with two attached hydrogens (primary N) is 1. The van der Waals surface area contributed by atoms with Gasteiger partial charge in [-0.1, -0.05) is 0 Å². The van der Waals surface area contributed by atoms with Gasteiger partial charge in [0.05, 0.1) is 0 Å². The number of urea groups is 1. The molecule has 3 N–H and O–H groups in total. The van der Waals surface area contributed by atoms with E-state index in [0.717, 1.165) is 39.0 Å². The standard InChI is InChI=1S/C11H24N4O/c1-14(2)7-3-6-13-10-4-8-15(9-5-10)11(12)16/h10,13H,3-9H2,1-2H3,(H2,12,16). The van der Waals surface area contributed by atoms with Crippen molar-refractivity contribution in [1.82, 2.24) is 15.1 Å². The van der Waals surface area contributed by atoms with E-state index in [-0.39, 0.29) is 6.03 Å². The Hall–Kier alpha value is -0.810. The van der Waals surface area contributed by atoms with Crippen molar-refractivity contribution >= 4 is 6.03 Å². The maximum absolute atomic E-state index is 10.9. The molecule has 0 aromatic heterocycles. The highest BCUT2D eigenvalue weighted by Crippen LogP contribution is 2.09. The second kappa shape index (κ2) is 6.70. The average molecular weight is 228 g/mol. The normalized spacial score (nSPS) is 18.1. The molecule has 2 amide bonds. The van der Waals surface area contributed by atoms with Gasteiger partial charge in [0, 0.05) is 19.1 Å². The molecule has 0 bridgehead atoms. The van der Waals surface area contributed by atoms with Crippen molar-refractivity contribution in [3.63, 3.8) is 0 Å². The van der Waals surface area contributed by atoms with Gasteiger partial charge in [-0.2, -0.15) is 0 Å². The van der Waals surface area contributed by atoms with Gasteiger partial charge in [0.15, 0.2) is 0 Å². The summed E-state index contributed by atoms with van der Waals surface area (Å²) in [6.07, 6.45) is 3.21. The van der Waals surface area contributed by atoms with E-state index >= 15 is 0 Å². The molecule has 1 aliphatic heterocycles. The van der Waals surface area contributed by atoms with Crippen LogP contribution in [0.25, 0.3) is 0 Å². The van der Waals surface area contributed by atoms with E-state index in [4.69, 9.17) is 5.73 Å². The Kier molecular flexibility index (Phi) is 5.55. The molecule has 1 heterocycles. The number of carbonyl (C=O) groups excluding carboxylic acids is 1. The van der Waals surface area contributed by atoms with E-state index in [0.29, 0.717) is 6.04 Å². The van der Waals surface area contributed by atoms with E-state index < -0.39 is 0 Å². The lowest BCUT2D eigenvalue weighted by Crippen LogP contribution is -2.47. The molecule has 0 aromatic rings. The van der Waals surface area contributed by atoms with Crippen LogP contribution >= 0.6 is 0 Å². The Balaban J connectivity index is 2.06. The summed E-state index contributed by atoms with van der Waals surface area (Å²) in [7, 11) is 4.18. The van der Waals surface area contributed by atoms with Crippen molar-refractivity contribution < 1.29 is 4.79 Å². The monoisotopic (exact) mass is 228 g/mol. The Morgan fingerprint density at radius 1 is 1.44 bits per heavy atom. The Morgan fingerprint density at radius 3 is 2.56 bits per heavy atom. The van der Waals surface area contributed by atoms with E-state index in [1.807, 2.05) is 0 Å². The molecule has 1 fully saturated rings. The van der Waals surface area contributed by atoms with Crippen LogP contribution in [0.4, 0.5) is 4.79 Å². The van der Waals surface area contributed by atoms with Crippen LogP contribution < -0.4 is 11.1 Å². The van der Waals surface area contributed by atoms with Crippen LogP contribution in [0.5, 0.6) is 0 Å². The first-order valence-electron chi connectivity index (χ1n) is 6.02. The predicted octanol–water partition coefficient (Wildman–Crippen LogP) is 0.0708. The smallest absolute Gasteiger partial charge is 0.314 e. The third-order valence-corrected chi connectivity index (χ3v) is 3.02. The number of nitrogens with one attached hydrogen (secondary N) is 1. The van der Waals surface area contributed by atoms with Gasteiger partial charge in [0.2, 0.25) is 0 Å². The molecule has 5 heteroatoms. The van der Waals surface area contributed by atoms with Crippen LogP contribution in [0.1, 0.15) is 19.3 Å². The van der Waals surface area contributed by atoms with Crippen LogP contribution in [-0.4, -0.2) is 62.1 Å². The van der Waals surface area contributed by atoms with Crippen molar-refractivity contribution in [1.29, 1.82) is 0 Å². The summed E-state index contributed by atoms with van der Waals surface area (Å²) in [5.41, 5.74) is 5.23. The zero-order valence-corrected chi connectivity index (χ0v) is 10.4. The van der Waals surface area contributed by atoms with E-state index in [1.165, 1.54) is 6.42 Å². The fraction of sp³-hybridized carbons (Fsp3) is 0.909. The van der Waals surface area contributed by atoms with Crippen LogP contribution in [0.3, 0.4) is 0 Å². The van der Waals surface area contributed by atoms with Gasteiger partial charge < -0.3 is 20.9 Å². The molecule has 0 atom stereocenters. The maximum Gasteiger partial charge on any atom is 0.314 e. The number of hydrogen-bond acceptors (Lipinski definition) is 3. The second-order valence-electron chi connectivity index (χ2n) is 4.71. The minimum absolute atomic E-state index is 0.286. The van der Waals surface area contributed by atoms with Crippen LogP contribution in [0.2, 0.25) is 0 Å². The fourth-order valence-corrected chi connectivity index (χ4v) is 2.01. The minimum Gasteiger partial charge on any atom is -0.351 e. The summed E-state index contributed by atoms with van der Waals surface area (Å²) in [6.45, 7) is 3.76. The number of rotatable bonds is 5. The summed E-state index contributed by atoms with van der Waals surface area (Å²) in [5.74, 6) is 0. The topological polar surface area (TPSA) is 61.6 Å². The molecule has 5 nitrogen and oxygen atoms in total. The largest absolute Gasteiger partial charge is 0.351 e. The first kappa shape index (κ1) is 13.3. The molecule has 1 aliphatic rings. The fourth-order valence-electron chi connectivity index (χ4n) is 2.01. The summed E-state index contributed by atoms with van der Waals surface area (Å²) >= 11 is 0. The second-order valence-corrected chi connectivity index (χ2v) is 4.71. The molecule has 16 heavy (non-hydrogen) atoms. The van der Waals surface area contributed by atoms with Crippen molar-refractivity contribution in [2.75, 3.05) is 40.3 Å². The molecule has 1 rings (SSSR count). The summed E-state index contributed by atoms with van der Waals surface area (Å²) < 4.78 is 0. The molecule has 1 saturated heterocycles. The highest BCUT2D eigenvalue weighted by atomic mass is 16.2. The van der Waals surface area contributed by atoms with Crippen LogP contribution in [0, 0.1) is 0 Å². The van der Waals surface area contributed by atoms with Gasteiger partial charge in [0.1, 0.15) is 0 Å². The number of amides is 2. The van der Waals surface area contributed by atoms with Gasteiger partial charge in [-0.25, -0.2) is 4.79 Å². The Morgan fingerprint density at radius 2 is 2.06 bits per heavy atom. The van der Waals surface area contributed by atoms with Gasteiger partial charge in [-0.05, 0) is 46.4 Å². The summed E-state index contributed by atoms with van der Waals surface area (Å²) in [5, 5.41) is 3.53. The van der Waals surface area contributed by atoms with Gasteiger partial charge in [-0.3, -0.25) is 0 Å². The van der Waals surface area contributed by atoms with Gasteiger partial charge in [0.25, 0.3) is 0 Å². The number of hydrogen-bond donors (Lipinski definition) is 2. The molecule has 0 aliphatic carbocycles. The summed E-state index contributed by atoms with van der Waals surface area (Å²) in [4.78, 5) is 14.8. The summed E-state index contributed by atoms with van der Waals surface area (Å²) in [6, 6.07) is 0.267. The maximum atomic E-state index is 10.9. The van der Waals surface area contributed by atoms with E-state index in [9.17, 15) is 4.79 Å². The Bertz CT molecular complexity index is 212. The third kappa shape index (κ3) is 4.81. The molecule has 0 unspecified atom stereocenters. The minimum atomic E-state index is -0.286. The predicted molar refractivity (Wildman–Crippen MR) is 65.4 cm³/mol. The zero-order chi connectivity index (χ0) is 12.0. The lowest BCUT2D eigenvalue weighted by atomic mass is 10.1. The van der Waals surface area contributed by atoms with Crippen molar-refractivity contribution in [2.24, 2.45) is 5.73 Å². The lowest BCUT2D eigenvalue weighted by molar-refractivity contribution is 0.185. The van der Waals surface area contributed by atoms with Crippen molar-refractivity contribution in [2.45, 2.75) is 25.3 Å². The van der Waals surface area contributed by atoms with Crippen molar-refractivity contribution in [3.8, 4) is 0 Å². The molecule has 0 aromatic carbocycles. The quantitative estimate of drug-likeness (QED) is 0.655. The highest BCUT2D eigenvalue weighted by molar-refractivity contribution is 5.72. The third-order valence-electron chi connectivity index (χ3n) is 3.02. The first-order chi connectivity index (χ1) is 7.59. The lowest BCUT2D eigenvalue weighted by Gasteiger charge is -2.31. The molecule has 0 radical (unpaired) electrons. The number of nitrogens with zero attached hydrogens (tertiary/aromatic N) is 2. The molecule has 94 valence electrons. The van der Waals surface area contributed by atoms with Gasteiger partial charge in [-0.15, -0.1) is 0 Å². The zero-order valence-electron chi connectivity index (χ0n) is 10.4. The number of carbonyl (C=O) groups is 1. The molecule has 0 spiro atoms. The SMILES string of the molecule is CN(C)CCCNC1CCN(C(N)=O)CC1.